The van der Waals surface area contributed by atoms with Crippen molar-refractivity contribution >= 4 is 23.6 Å². The lowest BCUT2D eigenvalue weighted by Crippen LogP contribution is -2.11. The number of nitrogens with two attached hydrogens (primary N) is 1. The second kappa shape index (κ2) is 9.63. The summed E-state index contributed by atoms with van der Waals surface area (Å²) in [5.74, 6) is 0.414. The molecule has 31 heavy (non-hydrogen) atoms. The predicted molar refractivity (Wildman–Crippen MR) is 122 cm³/mol. The number of anilines is 1. The van der Waals surface area contributed by atoms with Gasteiger partial charge in [-0.1, -0.05) is 30.3 Å². The topological polar surface area (TPSA) is 90.6 Å². The number of amides is 2. The van der Waals surface area contributed by atoms with Gasteiger partial charge in [-0.25, -0.2) is 0 Å². The molecule has 3 rings (SSSR count). The zero-order valence-corrected chi connectivity index (χ0v) is 17.6. The highest BCUT2D eigenvalue weighted by Gasteiger charge is 2.09. The highest BCUT2D eigenvalue weighted by Crippen LogP contribution is 2.31. The third-order valence-corrected chi connectivity index (χ3v) is 4.83. The lowest BCUT2D eigenvalue weighted by molar-refractivity contribution is -0.111. The number of aryl methyl sites for hydroxylation is 1. The number of benzene rings is 3. The summed E-state index contributed by atoms with van der Waals surface area (Å²) in [5, 5.41) is 2.83. The van der Waals surface area contributed by atoms with Crippen molar-refractivity contribution in [3.05, 3.63) is 83.4 Å². The van der Waals surface area contributed by atoms with Gasteiger partial charge in [-0.05, 0) is 60.0 Å². The first-order valence-electron chi connectivity index (χ1n) is 9.64. The number of carbonyl (C=O) groups excluding carboxylic acids is 2. The fourth-order valence-corrected chi connectivity index (χ4v) is 3.21. The molecule has 0 fully saturated rings. The summed E-state index contributed by atoms with van der Waals surface area (Å²) < 4.78 is 10.6. The van der Waals surface area contributed by atoms with Crippen LogP contribution in [0, 0.1) is 6.92 Å². The number of rotatable bonds is 7. The van der Waals surface area contributed by atoms with E-state index >= 15 is 0 Å². The summed E-state index contributed by atoms with van der Waals surface area (Å²) in [7, 11) is 3.12. The van der Waals surface area contributed by atoms with Crippen molar-refractivity contribution in [2.24, 2.45) is 5.73 Å². The van der Waals surface area contributed by atoms with Crippen LogP contribution in [0.4, 0.5) is 5.69 Å². The molecule has 3 N–H and O–H groups in total. The van der Waals surface area contributed by atoms with Crippen molar-refractivity contribution < 1.29 is 19.1 Å². The summed E-state index contributed by atoms with van der Waals surface area (Å²) in [5.41, 5.74) is 10.1. The third kappa shape index (κ3) is 5.11. The molecule has 0 radical (unpaired) electrons. The molecule has 0 atom stereocenters. The first kappa shape index (κ1) is 21.6. The number of para-hydroxylation sites is 1. The maximum Gasteiger partial charge on any atom is 0.248 e. The number of carbonyl (C=O) groups is 2. The van der Waals surface area contributed by atoms with Crippen molar-refractivity contribution in [1.29, 1.82) is 0 Å². The van der Waals surface area contributed by atoms with Crippen LogP contribution in [-0.4, -0.2) is 26.0 Å². The molecular formula is C25H24N2O4. The first-order chi connectivity index (χ1) is 14.9. The third-order valence-electron chi connectivity index (χ3n) is 4.83. The van der Waals surface area contributed by atoms with Gasteiger partial charge < -0.3 is 20.5 Å². The van der Waals surface area contributed by atoms with Gasteiger partial charge in [0, 0.05) is 22.9 Å². The molecular weight excluding hydrogens is 392 g/mol. The summed E-state index contributed by atoms with van der Waals surface area (Å²) in [4.78, 5) is 23.8. The standard InChI is InChI=1S/C25H24N2O4/c1-16-7-8-19(25(26)29)15-21(16)17-9-12-20(13-10-17)27-23(28)14-11-18-5-4-6-22(30-2)24(18)31-3/h4-15H,1-3H3,(H2,26,29)(H,27,28)/b14-11+. The lowest BCUT2D eigenvalue weighted by Gasteiger charge is -2.10. The van der Waals surface area contributed by atoms with Crippen LogP contribution in [0.25, 0.3) is 17.2 Å². The van der Waals surface area contributed by atoms with Crippen LogP contribution in [0.15, 0.2) is 66.7 Å². The van der Waals surface area contributed by atoms with E-state index in [0.717, 1.165) is 22.3 Å². The molecule has 0 saturated heterocycles. The monoisotopic (exact) mass is 416 g/mol. The Kier molecular flexibility index (Phi) is 6.72. The number of nitrogens with one attached hydrogen (secondary N) is 1. The summed E-state index contributed by atoms with van der Waals surface area (Å²) in [6.45, 7) is 1.97. The van der Waals surface area contributed by atoms with Gasteiger partial charge in [-0.15, -0.1) is 0 Å². The smallest absolute Gasteiger partial charge is 0.248 e. The number of primary amides is 1. The Morgan fingerprint density at radius 3 is 2.35 bits per heavy atom. The van der Waals surface area contributed by atoms with Crippen LogP contribution in [-0.2, 0) is 4.79 Å². The Balaban J connectivity index is 1.74. The lowest BCUT2D eigenvalue weighted by atomic mass is 9.97. The van der Waals surface area contributed by atoms with Gasteiger partial charge in [0.25, 0.3) is 0 Å². The number of methoxy groups -OCH3 is 2. The van der Waals surface area contributed by atoms with Crippen molar-refractivity contribution in [2.75, 3.05) is 19.5 Å². The van der Waals surface area contributed by atoms with E-state index < -0.39 is 5.91 Å². The molecule has 0 aliphatic rings. The average Bonchev–Trinajstić information content (AvgIpc) is 2.78. The van der Waals surface area contributed by atoms with E-state index in [-0.39, 0.29) is 5.91 Å². The number of hydrogen-bond donors (Lipinski definition) is 2. The van der Waals surface area contributed by atoms with E-state index in [1.807, 2.05) is 49.4 Å². The first-order valence-corrected chi connectivity index (χ1v) is 9.64. The molecule has 0 saturated carbocycles. The molecule has 0 unspecified atom stereocenters. The average molecular weight is 416 g/mol. The van der Waals surface area contributed by atoms with Gasteiger partial charge in [0.05, 0.1) is 14.2 Å². The number of hydrogen-bond acceptors (Lipinski definition) is 4. The van der Waals surface area contributed by atoms with Crippen molar-refractivity contribution in [3.63, 3.8) is 0 Å². The molecule has 0 aliphatic heterocycles. The van der Waals surface area contributed by atoms with E-state index in [1.54, 1.807) is 38.5 Å². The van der Waals surface area contributed by atoms with E-state index in [0.29, 0.717) is 22.7 Å². The van der Waals surface area contributed by atoms with Crippen molar-refractivity contribution in [1.82, 2.24) is 0 Å². The Labute approximate surface area is 181 Å². The molecule has 2 amide bonds. The molecule has 3 aromatic rings. The minimum atomic E-state index is -0.468. The normalized spacial score (nSPS) is 10.7. The Morgan fingerprint density at radius 1 is 0.968 bits per heavy atom. The fraction of sp³-hybridized carbons (Fsp3) is 0.120. The maximum atomic E-state index is 12.3. The van der Waals surface area contributed by atoms with E-state index in [2.05, 4.69) is 5.32 Å². The number of ether oxygens (including phenoxy) is 2. The Morgan fingerprint density at radius 2 is 1.71 bits per heavy atom. The molecule has 3 aromatic carbocycles. The molecule has 158 valence electrons. The minimum absolute atomic E-state index is 0.274. The highest BCUT2D eigenvalue weighted by molar-refractivity contribution is 6.02. The Hall–Kier alpha value is -4.06. The van der Waals surface area contributed by atoms with Gasteiger partial charge >= 0.3 is 0 Å². The van der Waals surface area contributed by atoms with E-state index in [4.69, 9.17) is 15.2 Å². The zero-order chi connectivity index (χ0) is 22.4. The van der Waals surface area contributed by atoms with E-state index in [1.165, 1.54) is 6.08 Å². The van der Waals surface area contributed by atoms with E-state index in [9.17, 15) is 9.59 Å². The van der Waals surface area contributed by atoms with Crippen LogP contribution in [0.3, 0.4) is 0 Å². The second-order valence-electron chi connectivity index (χ2n) is 6.88. The van der Waals surface area contributed by atoms with Crippen molar-refractivity contribution in [2.45, 2.75) is 6.92 Å². The fourth-order valence-electron chi connectivity index (χ4n) is 3.21. The zero-order valence-electron chi connectivity index (χ0n) is 17.6. The second-order valence-corrected chi connectivity index (χ2v) is 6.88. The SMILES string of the molecule is COc1cccc(/C=C/C(=O)Nc2ccc(-c3cc(C(N)=O)ccc3C)cc2)c1OC. The predicted octanol–water partition coefficient (Wildman–Crippen LogP) is 4.43. The van der Waals surface area contributed by atoms with Crippen LogP contribution >= 0.6 is 0 Å². The van der Waals surface area contributed by atoms with Gasteiger partial charge in [0.2, 0.25) is 11.8 Å². The summed E-state index contributed by atoms with van der Waals surface area (Å²) >= 11 is 0. The van der Waals surface area contributed by atoms with Crippen LogP contribution in [0.5, 0.6) is 11.5 Å². The molecule has 0 spiro atoms. The van der Waals surface area contributed by atoms with Crippen LogP contribution in [0.2, 0.25) is 0 Å². The molecule has 0 heterocycles. The molecule has 6 heteroatoms. The quantitative estimate of drug-likeness (QED) is 0.558. The van der Waals surface area contributed by atoms with Crippen molar-refractivity contribution in [3.8, 4) is 22.6 Å². The minimum Gasteiger partial charge on any atom is -0.493 e. The van der Waals surface area contributed by atoms with Gasteiger partial charge in [0.15, 0.2) is 11.5 Å². The maximum absolute atomic E-state index is 12.3. The van der Waals surface area contributed by atoms with Crippen LogP contribution in [0.1, 0.15) is 21.5 Å². The van der Waals surface area contributed by atoms with Gasteiger partial charge in [-0.2, -0.15) is 0 Å². The van der Waals surface area contributed by atoms with Gasteiger partial charge in [0.1, 0.15) is 0 Å². The molecule has 0 aromatic heterocycles. The summed E-state index contributed by atoms with van der Waals surface area (Å²) in [6, 6.07) is 18.2. The molecule has 0 bridgehead atoms. The molecule has 0 aliphatic carbocycles. The van der Waals surface area contributed by atoms with Gasteiger partial charge in [-0.3, -0.25) is 9.59 Å². The Bertz CT molecular complexity index is 1130. The summed E-state index contributed by atoms with van der Waals surface area (Å²) in [6.07, 6.45) is 3.11. The molecule has 6 nitrogen and oxygen atoms in total. The largest absolute Gasteiger partial charge is 0.493 e. The highest BCUT2D eigenvalue weighted by atomic mass is 16.5. The van der Waals surface area contributed by atoms with Crippen LogP contribution < -0.4 is 20.5 Å².